The quantitative estimate of drug-likeness (QED) is 0.602. The van der Waals surface area contributed by atoms with E-state index in [0.717, 1.165) is 0 Å². The third kappa shape index (κ3) is 4.96. The maximum atomic E-state index is 12.8. The van der Waals surface area contributed by atoms with Crippen LogP contribution in [0.1, 0.15) is 23.5 Å². The largest absolute Gasteiger partial charge is 0.450 e. The Morgan fingerprint density at radius 3 is 2.17 bits per heavy atom. The maximum absolute atomic E-state index is 12.8. The van der Waals surface area contributed by atoms with E-state index >= 15 is 0 Å². The number of rotatable bonds is 3. The molecule has 0 bridgehead atoms. The molecule has 0 fully saturated rings. The molecule has 0 aliphatic rings. The molecule has 1 atom stereocenters. The highest BCUT2D eigenvalue weighted by atomic mass is 19.4. The summed E-state index contributed by atoms with van der Waals surface area (Å²) in [6.07, 6.45) is -5.63. The third-order valence-corrected chi connectivity index (χ3v) is 3.14. The monoisotopic (exact) mass is 320 g/mol. The lowest BCUT2D eigenvalue weighted by molar-refractivity contribution is -0.171. The molecule has 0 saturated carbocycles. The van der Waals surface area contributed by atoms with Crippen molar-refractivity contribution in [2.45, 2.75) is 18.5 Å². The van der Waals surface area contributed by atoms with E-state index in [1.807, 2.05) is 0 Å². The molecule has 0 aliphatic heterocycles. The Hall–Kier alpha value is -2.61. The van der Waals surface area contributed by atoms with Gasteiger partial charge in [-0.05, 0) is 29.8 Å². The van der Waals surface area contributed by atoms with Crippen molar-refractivity contribution >= 4 is 5.78 Å². The first-order chi connectivity index (χ1) is 10.9. The van der Waals surface area contributed by atoms with Crippen LogP contribution < -0.4 is 0 Å². The van der Waals surface area contributed by atoms with Crippen LogP contribution in [-0.4, -0.2) is 12.0 Å². The smallest absolute Gasteiger partial charge is 0.290 e. The molecule has 0 aliphatic carbocycles. The van der Waals surface area contributed by atoms with Gasteiger partial charge in [0.15, 0.2) is 0 Å². The minimum absolute atomic E-state index is 0.428. The third-order valence-electron chi connectivity index (χ3n) is 3.14. The highest BCUT2D eigenvalue weighted by Gasteiger charge is 2.39. The Morgan fingerprint density at radius 1 is 1.00 bits per heavy atom. The van der Waals surface area contributed by atoms with Crippen molar-refractivity contribution in [1.29, 1.82) is 0 Å². The van der Waals surface area contributed by atoms with Crippen molar-refractivity contribution in [3.8, 4) is 11.8 Å². The van der Waals surface area contributed by atoms with Crippen molar-refractivity contribution in [2.24, 2.45) is 0 Å². The molecule has 2 aromatic carbocycles. The molecule has 0 aromatic heterocycles. The number of carbonyl (C=O) groups is 1. The van der Waals surface area contributed by atoms with Crippen LogP contribution in [-0.2, 0) is 4.79 Å². The van der Waals surface area contributed by atoms with E-state index in [1.165, 1.54) is 24.3 Å². The van der Waals surface area contributed by atoms with Gasteiger partial charge in [0.1, 0.15) is 5.82 Å². The van der Waals surface area contributed by atoms with Gasteiger partial charge >= 0.3 is 6.18 Å². The molecule has 0 amide bonds. The van der Waals surface area contributed by atoms with E-state index in [2.05, 4.69) is 11.8 Å². The van der Waals surface area contributed by atoms with Crippen molar-refractivity contribution in [3.63, 3.8) is 0 Å². The number of alkyl halides is 3. The van der Waals surface area contributed by atoms with Gasteiger partial charge in [-0.15, -0.1) is 0 Å². The van der Waals surface area contributed by atoms with Crippen molar-refractivity contribution in [2.75, 3.05) is 0 Å². The first-order valence-corrected chi connectivity index (χ1v) is 6.78. The second kappa shape index (κ2) is 7.10. The first-order valence-electron chi connectivity index (χ1n) is 6.78. The average molecular weight is 320 g/mol. The molecular formula is C18H12F4O. The summed E-state index contributed by atoms with van der Waals surface area (Å²) in [5.74, 6) is 2.25. The van der Waals surface area contributed by atoms with Crippen LogP contribution >= 0.6 is 0 Å². The molecule has 0 radical (unpaired) electrons. The molecule has 0 spiro atoms. The topological polar surface area (TPSA) is 17.1 Å². The summed E-state index contributed by atoms with van der Waals surface area (Å²) in [7, 11) is 0. The second-order valence-electron chi connectivity index (χ2n) is 4.86. The molecule has 0 unspecified atom stereocenters. The molecule has 2 aromatic rings. The first kappa shape index (κ1) is 16.8. The normalized spacial score (nSPS) is 12.2. The number of hydrogen-bond donors (Lipinski definition) is 0. The lowest BCUT2D eigenvalue weighted by atomic mass is 9.93. The predicted molar refractivity (Wildman–Crippen MR) is 78.1 cm³/mol. The van der Waals surface area contributed by atoms with Gasteiger partial charge < -0.3 is 0 Å². The van der Waals surface area contributed by atoms with E-state index in [9.17, 15) is 22.4 Å². The average Bonchev–Trinajstić information content (AvgIpc) is 2.52. The van der Waals surface area contributed by atoms with Crippen LogP contribution in [0.5, 0.6) is 0 Å². The second-order valence-corrected chi connectivity index (χ2v) is 4.86. The van der Waals surface area contributed by atoms with Gasteiger partial charge in [-0.25, -0.2) is 4.39 Å². The van der Waals surface area contributed by atoms with E-state index in [-0.39, 0.29) is 0 Å². The number of carbonyl (C=O) groups excluding carboxylic acids is 1. The molecule has 23 heavy (non-hydrogen) atoms. The van der Waals surface area contributed by atoms with Crippen LogP contribution in [0, 0.1) is 17.7 Å². The van der Waals surface area contributed by atoms with Gasteiger partial charge in [0.2, 0.25) is 5.78 Å². The molecule has 5 heteroatoms. The number of benzene rings is 2. The Kier molecular flexibility index (Phi) is 5.17. The van der Waals surface area contributed by atoms with Gasteiger partial charge in [0.25, 0.3) is 0 Å². The van der Waals surface area contributed by atoms with Gasteiger partial charge in [0, 0.05) is 12.0 Å². The van der Waals surface area contributed by atoms with Gasteiger partial charge in [0.05, 0.1) is 5.92 Å². The standard InChI is InChI=1S/C18H12F4O/c19-16-10-7-13(8-11-16)6-9-15(12-17(23)18(20,21)22)14-4-2-1-3-5-14/h1-5,7-8,10-11,15H,12H2/t15-/m1/s1. The number of Topliss-reactive ketones (excluding diaryl/α,β-unsaturated/α-hetero) is 1. The molecule has 1 nitrogen and oxygen atoms in total. The van der Waals surface area contributed by atoms with Crippen LogP contribution in [0.4, 0.5) is 17.6 Å². The molecule has 118 valence electrons. The van der Waals surface area contributed by atoms with Gasteiger partial charge in [-0.3, -0.25) is 4.79 Å². The molecule has 2 rings (SSSR count). The number of ketones is 1. The Labute approximate surface area is 131 Å². The maximum Gasteiger partial charge on any atom is 0.450 e. The predicted octanol–water partition coefficient (Wildman–Crippen LogP) is 4.48. The Balaban J connectivity index is 2.28. The lowest BCUT2D eigenvalue weighted by Gasteiger charge is -2.12. The van der Waals surface area contributed by atoms with E-state index < -0.39 is 30.1 Å². The van der Waals surface area contributed by atoms with Crippen LogP contribution in [0.25, 0.3) is 0 Å². The zero-order valence-electron chi connectivity index (χ0n) is 11.9. The summed E-state index contributed by atoms with van der Waals surface area (Å²) in [6.45, 7) is 0. The Morgan fingerprint density at radius 2 is 1.61 bits per heavy atom. The molecule has 0 N–H and O–H groups in total. The minimum atomic E-state index is -4.88. The fourth-order valence-electron chi connectivity index (χ4n) is 1.94. The van der Waals surface area contributed by atoms with Crippen molar-refractivity contribution < 1.29 is 22.4 Å². The van der Waals surface area contributed by atoms with E-state index in [4.69, 9.17) is 0 Å². The van der Waals surface area contributed by atoms with Gasteiger partial charge in [-0.1, -0.05) is 42.2 Å². The summed E-state index contributed by atoms with van der Waals surface area (Å²) in [5, 5.41) is 0. The fraction of sp³-hybridized carbons (Fsp3) is 0.167. The summed E-state index contributed by atoms with van der Waals surface area (Å²) < 4.78 is 50.3. The van der Waals surface area contributed by atoms with Crippen LogP contribution in [0.2, 0.25) is 0 Å². The van der Waals surface area contributed by atoms with Crippen LogP contribution in [0.3, 0.4) is 0 Å². The van der Waals surface area contributed by atoms with E-state index in [0.29, 0.717) is 11.1 Å². The number of halogens is 4. The van der Waals surface area contributed by atoms with Crippen molar-refractivity contribution in [3.05, 3.63) is 71.5 Å². The van der Waals surface area contributed by atoms with Crippen LogP contribution in [0.15, 0.2) is 54.6 Å². The highest BCUT2D eigenvalue weighted by Crippen LogP contribution is 2.26. The molecular weight excluding hydrogens is 308 g/mol. The number of hydrogen-bond acceptors (Lipinski definition) is 1. The lowest BCUT2D eigenvalue weighted by Crippen LogP contribution is -2.24. The fourth-order valence-corrected chi connectivity index (χ4v) is 1.94. The summed E-state index contributed by atoms with van der Waals surface area (Å²) in [6, 6.07) is 13.6. The SMILES string of the molecule is O=C(C[C@@H](C#Cc1ccc(F)cc1)c1ccccc1)C(F)(F)F. The zero-order valence-corrected chi connectivity index (χ0v) is 11.9. The summed E-state index contributed by atoms with van der Waals surface area (Å²) in [5.41, 5.74) is 0.992. The van der Waals surface area contributed by atoms with E-state index in [1.54, 1.807) is 30.3 Å². The van der Waals surface area contributed by atoms with Crippen molar-refractivity contribution in [1.82, 2.24) is 0 Å². The highest BCUT2D eigenvalue weighted by molar-refractivity contribution is 5.85. The Bertz CT molecular complexity index is 722. The zero-order chi connectivity index (χ0) is 16.9. The molecule has 0 saturated heterocycles. The minimum Gasteiger partial charge on any atom is -0.290 e. The summed E-state index contributed by atoms with van der Waals surface area (Å²) >= 11 is 0. The van der Waals surface area contributed by atoms with Gasteiger partial charge in [-0.2, -0.15) is 13.2 Å². The summed E-state index contributed by atoms with van der Waals surface area (Å²) in [4.78, 5) is 11.3. The molecule has 0 heterocycles.